The minimum atomic E-state index is 0.346. The highest BCUT2D eigenvalue weighted by atomic mass is 15.3. The Morgan fingerprint density at radius 1 is 0.879 bits per heavy atom. The predicted molar refractivity (Wildman–Crippen MR) is 133 cm³/mol. The van der Waals surface area contributed by atoms with Crippen molar-refractivity contribution in [3.8, 4) is 0 Å². The van der Waals surface area contributed by atoms with Gasteiger partial charge >= 0.3 is 0 Å². The van der Waals surface area contributed by atoms with Crippen LogP contribution in [-0.4, -0.2) is 34.3 Å². The largest absolute Gasteiger partial charge is 0.356 e. The molecule has 6 nitrogen and oxygen atoms in total. The summed E-state index contributed by atoms with van der Waals surface area (Å²) in [6, 6.07) is 29.8. The van der Waals surface area contributed by atoms with Crippen LogP contribution >= 0.6 is 0 Å². The van der Waals surface area contributed by atoms with Crippen molar-refractivity contribution in [2.24, 2.45) is 4.99 Å². The summed E-state index contributed by atoms with van der Waals surface area (Å²) in [4.78, 5) is 8.44. The fraction of sp³-hybridized carbons (Fsp3) is 0.222. The highest BCUT2D eigenvalue weighted by Gasteiger charge is 2.13. The molecule has 0 radical (unpaired) electrons. The topological polar surface area (TPSA) is 67.1 Å². The van der Waals surface area contributed by atoms with Gasteiger partial charge in [-0.2, -0.15) is 5.10 Å². The number of rotatable bonds is 9. The molecule has 0 bridgehead atoms. The molecule has 0 spiro atoms. The molecule has 1 aromatic heterocycles. The first-order valence-corrected chi connectivity index (χ1v) is 11.2. The lowest BCUT2D eigenvalue weighted by atomic mass is 9.92. The van der Waals surface area contributed by atoms with E-state index < -0.39 is 0 Å². The number of aromatic nitrogens is 3. The van der Waals surface area contributed by atoms with E-state index in [0.29, 0.717) is 19.0 Å². The monoisotopic (exact) mass is 438 g/mol. The smallest absolute Gasteiger partial charge is 0.191 e. The average molecular weight is 439 g/mol. The van der Waals surface area contributed by atoms with Gasteiger partial charge in [0.1, 0.15) is 12.7 Å². The molecule has 33 heavy (non-hydrogen) atoms. The van der Waals surface area contributed by atoms with E-state index in [1.807, 2.05) is 11.7 Å². The lowest BCUT2D eigenvalue weighted by Crippen LogP contribution is -2.39. The Morgan fingerprint density at radius 3 is 2.33 bits per heavy atom. The first-order chi connectivity index (χ1) is 16.3. The Balaban J connectivity index is 1.35. The predicted octanol–water partition coefficient (Wildman–Crippen LogP) is 4.02. The van der Waals surface area contributed by atoms with E-state index in [0.717, 1.165) is 18.9 Å². The first kappa shape index (κ1) is 22.3. The molecule has 1 unspecified atom stereocenters. The minimum Gasteiger partial charge on any atom is -0.356 e. The maximum atomic E-state index is 4.43. The van der Waals surface area contributed by atoms with Crippen LogP contribution in [0.2, 0.25) is 0 Å². The van der Waals surface area contributed by atoms with Crippen molar-refractivity contribution in [3.63, 3.8) is 0 Å². The van der Waals surface area contributed by atoms with E-state index in [4.69, 9.17) is 0 Å². The normalized spacial score (nSPS) is 12.3. The summed E-state index contributed by atoms with van der Waals surface area (Å²) in [7, 11) is 1.81. The Morgan fingerprint density at radius 2 is 1.61 bits per heavy atom. The quantitative estimate of drug-likeness (QED) is 0.306. The molecule has 0 aliphatic rings. The van der Waals surface area contributed by atoms with Crippen molar-refractivity contribution in [1.29, 1.82) is 0 Å². The fourth-order valence-electron chi connectivity index (χ4n) is 3.90. The Labute approximate surface area is 195 Å². The molecule has 2 N–H and O–H groups in total. The van der Waals surface area contributed by atoms with Crippen LogP contribution in [0.15, 0.2) is 103 Å². The first-order valence-electron chi connectivity index (χ1n) is 11.2. The van der Waals surface area contributed by atoms with Crippen LogP contribution in [0.25, 0.3) is 0 Å². The SMILES string of the molecule is CN=C(NCc1cccc(Cn2cncn2)c1)NCC(Cc1ccccc1)c1ccccc1. The number of hydrogen-bond acceptors (Lipinski definition) is 3. The van der Waals surface area contributed by atoms with Gasteiger partial charge in [-0.3, -0.25) is 4.99 Å². The van der Waals surface area contributed by atoms with Crippen LogP contribution in [0.4, 0.5) is 0 Å². The Hall–Kier alpha value is -3.93. The van der Waals surface area contributed by atoms with E-state index in [1.165, 1.54) is 22.3 Å². The van der Waals surface area contributed by atoms with Gasteiger partial charge in [0.05, 0.1) is 6.54 Å². The Kier molecular flexibility index (Phi) is 7.84. The molecule has 0 saturated heterocycles. The van der Waals surface area contributed by atoms with Crippen molar-refractivity contribution < 1.29 is 0 Å². The van der Waals surface area contributed by atoms with Gasteiger partial charge in [0.2, 0.25) is 0 Å². The summed E-state index contributed by atoms with van der Waals surface area (Å²) >= 11 is 0. The minimum absolute atomic E-state index is 0.346. The van der Waals surface area contributed by atoms with Crippen LogP contribution in [0.1, 0.15) is 28.2 Å². The summed E-state index contributed by atoms with van der Waals surface area (Å²) < 4.78 is 1.82. The second kappa shape index (κ2) is 11.6. The third-order valence-electron chi connectivity index (χ3n) is 5.60. The van der Waals surface area contributed by atoms with Crippen molar-refractivity contribution in [2.45, 2.75) is 25.4 Å². The molecule has 0 aliphatic carbocycles. The van der Waals surface area contributed by atoms with Gasteiger partial charge in [-0.25, -0.2) is 9.67 Å². The van der Waals surface area contributed by atoms with Gasteiger partial charge in [0, 0.05) is 26.1 Å². The van der Waals surface area contributed by atoms with Gasteiger partial charge in [-0.15, -0.1) is 0 Å². The van der Waals surface area contributed by atoms with E-state index in [9.17, 15) is 0 Å². The van der Waals surface area contributed by atoms with Crippen molar-refractivity contribution >= 4 is 5.96 Å². The molecular formula is C27H30N6. The molecule has 4 rings (SSSR count). The summed E-state index contributed by atoms with van der Waals surface area (Å²) in [6.07, 6.45) is 4.26. The lowest BCUT2D eigenvalue weighted by molar-refractivity contribution is 0.644. The fourth-order valence-corrected chi connectivity index (χ4v) is 3.90. The van der Waals surface area contributed by atoms with Gasteiger partial charge in [-0.05, 0) is 28.7 Å². The standard InChI is InChI=1S/C27H30N6/c1-28-27(30-17-23-11-8-12-24(15-23)19-33-21-29-20-32-33)31-18-26(25-13-6-3-7-14-25)16-22-9-4-2-5-10-22/h2-15,20-21,26H,16-19H2,1H3,(H2,28,30,31). The molecule has 168 valence electrons. The zero-order valence-electron chi connectivity index (χ0n) is 18.9. The number of hydrogen-bond donors (Lipinski definition) is 2. The van der Waals surface area contributed by atoms with Crippen molar-refractivity contribution in [1.82, 2.24) is 25.4 Å². The summed E-state index contributed by atoms with van der Waals surface area (Å²) in [5.41, 5.74) is 5.04. The van der Waals surface area contributed by atoms with Crippen LogP contribution in [0.5, 0.6) is 0 Å². The highest BCUT2D eigenvalue weighted by molar-refractivity contribution is 5.79. The molecule has 0 fully saturated rings. The second-order valence-electron chi connectivity index (χ2n) is 8.02. The van der Waals surface area contributed by atoms with Gasteiger partial charge in [0.25, 0.3) is 0 Å². The molecule has 1 heterocycles. The zero-order chi connectivity index (χ0) is 22.7. The summed E-state index contributed by atoms with van der Waals surface area (Å²) in [5, 5.41) is 11.2. The second-order valence-corrected chi connectivity index (χ2v) is 8.02. The Bertz CT molecular complexity index is 1120. The average Bonchev–Trinajstić information content (AvgIpc) is 3.38. The summed E-state index contributed by atoms with van der Waals surface area (Å²) in [5.74, 6) is 1.14. The number of nitrogens with zero attached hydrogens (tertiary/aromatic N) is 4. The highest BCUT2D eigenvalue weighted by Crippen LogP contribution is 2.20. The third-order valence-corrected chi connectivity index (χ3v) is 5.60. The van der Waals surface area contributed by atoms with Crippen LogP contribution in [-0.2, 0) is 19.5 Å². The number of benzene rings is 3. The molecule has 0 aliphatic heterocycles. The molecule has 3 aromatic carbocycles. The summed E-state index contributed by atoms with van der Waals surface area (Å²) in [6.45, 7) is 2.20. The molecule has 6 heteroatoms. The van der Waals surface area contributed by atoms with Crippen LogP contribution in [0, 0.1) is 0 Å². The maximum Gasteiger partial charge on any atom is 0.191 e. The third kappa shape index (κ3) is 6.77. The van der Waals surface area contributed by atoms with Crippen molar-refractivity contribution in [2.75, 3.05) is 13.6 Å². The molecule has 0 saturated carbocycles. The van der Waals surface area contributed by atoms with E-state index in [-0.39, 0.29) is 0 Å². The molecule has 4 aromatic rings. The maximum absolute atomic E-state index is 4.43. The van der Waals surface area contributed by atoms with Crippen LogP contribution < -0.4 is 10.6 Å². The lowest BCUT2D eigenvalue weighted by Gasteiger charge is -2.20. The van der Waals surface area contributed by atoms with Gasteiger partial charge in [0.15, 0.2) is 5.96 Å². The zero-order valence-corrected chi connectivity index (χ0v) is 18.9. The molecule has 0 amide bonds. The number of guanidine groups is 1. The number of nitrogens with one attached hydrogen (secondary N) is 2. The van der Waals surface area contributed by atoms with Gasteiger partial charge < -0.3 is 10.6 Å². The number of aliphatic imine (C=N–C) groups is 1. The van der Waals surface area contributed by atoms with E-state index in [2.05, 4.69) is 111 Å². The van der Waals surface area contributed by atoms with E-state index >= 15 is 0 Å². The molecular weight excluding hydrogens is 408 g/mol. The van der Waals surface area contributed by atoms with Crippen LogP contribution in [0.3, 0.4) is 0 Å². The van der Waals surface area contributed by atoms with Crippen molar-refractivity contribution in [3.05, 3.63) is 120 Å². The van der Waals surface area contributed by atoms with E-state index in [1.54, 1.807) is 12.7 Å². The van der Waals surface area contributed by atoms with Gasteiger partial charge in [-0.1, -0.05) is 84.9 Å². The molecule has 1 atom stereocenters.